The fourth-order valence-corrected chi connectivity index (χ4v) is 1.49. The number of nitrogens with two attached hydrogens (primary N) is 1. The highest BCUT2D eigenvalue weighted by Gasteiger charge is 1.98. The Labute approximate surface area is 91.7 Å². The Morgan fingerprint density at radius 1 is 1.31 bits per heavy atom. The Balaban J connectivity index is 2.64. The van der Waals surface area contributed by atoms with E-state index in [9.17, 15) is 4.79 Å². The molecule has 13 heavy (non-hydrogen) atoms. The second kappa shape index (κ2) is 5.21. The predicted octanol–water partition coefficient (Wildman–Crippen LogP) is 2.15. The summed E-state index contributed by atoms with van der Waals surface area (Å²) in [7, 11) is 0. The van der Waals surface area contributed by atoms with Crippen LogP contribution in [0.4, 0.5) is 0 Å². The lowest BCUT2D eigenvalue weighted by atomic mass is 10.1. The number of hydrogen-bond donors (Lipinski definition) is 1. The minimum atomic E-state index is -0.361. The maximum absolute atomic E-state index is 10.7. The Morgan fingerprint density at radius 2 is 1.92 bits per heavy atom. The molecule has 3 heteroatoms. The predicted molar refractivity (Wildman–Crippen MR) is 62.2 cm³/mol. The first-order chi connectivity index (χ1) is 6.24. The summed E-state index contributed by atoms with van der Waals surface area (Å²) in [5, 5.41) is 0. The summed E-state index contributed by atoms with van der Waals surface area (Å²) in [5.74, 6) is -0.361. The molecular formula is C10H12INO. The number of carbonyl (C=O) groups is 1. The molecule has 0 radical (unpaired) electrons. The van der Waals surface area contributed by atoms with Crippen LogP contribution >= 0.6 is 22.6 Å². The maximum atomic E-state index is 10.7. The zero-order chi connectivity index (χ0) is 9.68. The Bertz CT molecular complexity index is 281. The van der Waals surface area contributed by atoms with Gasteiger partial charge in [0.05, 0.1) is 0 Å². The molecule has 0 spiro atoms. The zero-order valence-corrected chi connectivity index (χ0v) is 9.45. The molecule has 1 amide bonds. The topological polar surface area (TPSA) is 43.1 Å². The van der Waals surface area contributed by atoms with Gasteiger partial charge in [-0.2, -0.15) is 0 Å². The van der Waals surface area contributed by atoms with E-state index >= 15 is 0 Å². The van der Waals surface area contributed by atoms with Crippen LogP contribution in [0.15, 0.2) is 24.3 Å². The van der Waals surface area contributed by atoms with E-state index in [1.54, 1.807) is 12.1 Å². The molecule has 0 aliphatic heterocycles. The Hall–Kier alpha value is -0.580. The number of aryl methyl sites for hydroxylation is 1. The van der Waals surface area contributed by atoms with Crippen LogP contribution in [0.2, 0.25) is 0 Å². The number of primary amides is 1. The van der Waals surface area contributed by atoms with E-state index in [2.05, 4.69) is 22.6 Å². The second-order valence-electron chi connectivity index (χ2n) is 2.85. The monoisotopic (exact) mass is 289 g/mol. The molecule has 0 fully saturated rings. The summed E-state index contributed by atoms with van der Waals surface area (Å²) in [6.45, 7) is 0. The maximum Gasteiger partial charge on any atom is 0.248 e. The lowest BCUT2D eigenvalue weighted by molar-refractivity contribution is 0.100. The van der Waals surface area contributed by atoms with Gasteiger partial charge >= 0.3 is 0 Å². The lowest BCUT2D eigenvalue weighted by Gasteiger charge is -1.99. The summed E-state index contributed by atoms with van der Waals surface area (Å²) in [5.41, 5.74) is 6.97. The number of benzene rings is 1. The van der Waals surface area contributed by atoms with Crippen LogP contribution in [0.25, 0.3) is 0 Å². The Kier molecular flexibility index (Phi) is 4.21. The number of halogens is 1. The van der Waals surface area contributed by atoms with Gasteiger partial charge in [-0.25, -0.2) is 0 Å². The van der Waals surface area contributed by atoms with Crippen molar-refractivity contribution in [2.75, 3.05) is 4.43 Å². The summed E-state index contributed by atoms with van der Waals surface area (Å²) in [6, 6.07) is 7.49. The van der Waals surface area contributed by atoms with Crippen molar-refractivity contribution in [3.63, 3.8) is 0 Å². The van der Waals surface area contributed by atoms with E-state index in [0.29, 0.717) is 5.56 Å². The number of alkyl halides is 1. The minimum absolute atomic E-state index is 0.361. The van der Waals surface area contributed by atoms with Gasteiger partial charge in [0.2, 0.25) is 5.91 Å². The molecular weight excluding hydrogens is 277 g/mol. The molecule has 0 aromatic heterocycles. The molecule has 0 aliphatic carbocycles. The van der Waals surface area contributed by atoms with Crippen molar-refractivity contribution in [1.29, 1.82) is 0 Å². The first-order valence-electron chi connectivity index (χ1n) is 4.18. The van der Waals surface area contributed by atoms with Crippen LogP contribution in [-0.2, 0) is 6.42 Å². The average molecular weight is 289 g/mol. The second-order valence-corrected chi connectivity index (χ2v) is 3.93. The van der Waals surface area contributed by atoms with Gasteiger partial charge in [-0.15, -0.1) is 0 Å². The van der Waals surface area contributed by atoms with E-state index in [1.807, 2.05) is 12.1 Å². The van der Waals surface area contributed by atoms with Gasteiger partial charge in [-0.3, -0.25) is 4.79 Å². The van der Waals surface area contributed by atoms with Gasteiger partial charge in [0.25, 0.3) is 0 Å². The van der Waals surface area contributed by atoms with E-state index in [1.165, 1.54) is 12.0 Å². The Morgan fingerprint density at radius 3 is 2.38 bits per heavy atom. The van der Waals surface area contributed by atoms with Gasteiger partial charge < -0.3 is 5.73 Å². The van der Waals surface area contributed by atoms with E-state index in [4.69, 9.17) is 5.73 Å². The standard InChI is InChI=1S/C10H12INO/c11-7-1-2-8-3-5-9(6-4-8)10(12)13/h3-6H,1-2,7H2,(H2,12,13). The molecule has 2 nitrogen and oxygen atoms in total. The van der Waals surface area contributed by atoms with Crippen molar-refractivity contribution in [2.45, 2.75) is 12.8 Å². The molecule has 0 saturated heterocycles. The molecule has 0 unspecified atom stereocenters. The average Bonchev–Trinajstić information content (AvgIpc) is 2.15. The third-order valence-electron chi connectivity index (χ3n) is 1.84. The fraction of sp³-hybridized carbons (Fsp3) is 0.300. The molecule has 0 bridgehead atoms. The molecule has 0 aliphatic rings. The summed E-state index contributed by atoms with van der Waals surface area (Å²) in [4.78, 5) is 10.7. The molecule has 2 N–H and O–H groups in total. The van der Waals surface area contributed by atoms with E-state index in [0.717, 1.165) is 10.8 Å². The van der Waals surface area contributed by atoms with Gasteiger partial charge in [0.1, 0.15) is 0 Å². The van der Waals surface area contributed by atoms with Crippen molar-refractivity contribution in [1.82, 2.24) is 0 Å². The quantitative estimate of drug-likeness (QED) is 0.670. The lowest BCUT2D eigenvalue weighted by Crippen LogP contribution is -2.10. The van der Waals surface area contributed by atoms with E-state index in [-0.39, 0.29) is 5.91 Å². The normalized spacial score (nSPS) is 9.92. The van der Waals surface area contributed by atoms with Crippen LogP contribution in [0, 0.1) is 0 Å². The van der Waals surface area contributed by atoms with Gasteiger partial charge in [0, 0.05) is 5.56 Å². The zero-order valence-electron chi connectivity index (χ0n) is 7.29. The number of hydrogen-bond acceptors (Lipinski definition) is 1. The largest absolute Gasteiger partial charge is 0.366 e. The highest BCUT2D eigenvalue weighted by molar-refractivity contribution is 14.1. The summed E-state index contributed by atoms with van der Waals surface area (Å²) >= 11 is 2.36. The van der Waals surface area contributed by atoms with Crippen molar-refractivity contribution >= 4 is 28.5 Å². The van der Waals surface area contributed by atoms with Crippen molar-refractivity contribution < 1.29 is 4.79 Å². The molecule has 1 rings (SSSR count). The molecule has 0 heterocycles. The fourth-order valence-electron chi connectivity index (χ4n) is 1.11. The summed E-state index contributed by atoms with van der Waals surface area (Å²) in [6.07, 6.45) is 2.25. The van der Waals surface area contributed by atoms with Crippen LogP contribution in [-0.4, -0.2) is 10.3 Å². The van der Waals surface area contributed by atoms with Crippen LogP contribution in [0.3, 0.4) is 0 Å². The molecule has 1 aromatic carbocycles. The van der Waals surface area contributed by atoms with Crippen molar-refractivity contribution in [3.8, 4) is 0 Å². The molecule has 1 aromatic rings. The molecule has 70 valence electrons. The SMILES string of the molecule is NC(=O)c1ccc(CCCI)cc1. The van der Waals surface area contributed by atoms with Crippen molar-refractivity contribution in [3.05, 3.63) is 35.4 Å². The minimum Gasteiger partial charge on any atom is -0.366 e. The summed E-state index contributed by atoms with van der Waals surface area (Å²) < 4.78 is 1.16. The van der Waals surface area contributed by atoms with Crippen LogP contribution in [0.5, 0.6) is 0 Å². The van der Waals surface area contributed by atoms with Crippen LogP contribution in [0.1, 0.15) is 22.3 Å². The van der Waals surface area contributed by atoms with Crippen molar-refractivity contribution in [2.24, 2.45) is 5.73 Å². The smallest absolute Gasteiger partial charge is 0.248 e. The van der Waals surface area contributed by atoms with Crippen LogP contribution < -0.4 is 5.73 Å². The number of amides is 1. The van der Waals surface area contributed by atoms with E-state index < -0.39 is 0 Å². The molecule has 0 saturated carbocycles. The van der Waals surface area contributed by atoms with Gasteiger partial charge in [0.15, 0.2) is 0 Å². The first kappa shape index (κ1) is 10.5. The highest BCUT2D eigenvalue weighted by atomic mass is 127. The van der Waals surface area contributed by atoms with Gasteiger partial charge in [-0.1, -0.05) is 34.7 Å². The first-order valence-corrected chi connectivity index (χ1v) is 5.71. The third-order valence-corrected chi connectivity index (χ3v) is 2.60. The number of carbonyl (C=O) groups excluding carboxylic acids is 1. The third kappa shape index (κ3) is 3.34. The van der Waals surface area contributed by atoms with Gasteiger partial charge in [-0.05, 0) is 35.0 Å². The highest BCUT2D eigenvalue weighted by Crippen LogP contribution is 2.07. The molecule has 0 atom stereocenters. The number of rotatable bonds is 4.